The van der Waals surface area contributed by atoms with Gasteiger partial charge in [0.2, 0.25) is 17.7 Å². The van der Waals surface area contributed by atoms with Crippen molar-refractivity contribution in [2.24, 2.45) is 0 Å². The standard InChI is InChI=1S/C20H30N4O3S/c1-20(2,3)21-17(25)14-23-9-11-24(12-10-23)19(27)15-22(4)18(26)8-7-16-6-5-13-28-16/h5-8,13H,9-12,14-15H2,1-4H3,(H,21,25)/b8-7+. The smallest absolute Gasteiger partial charge is 0.246 e. The Morgan fingerprint density at radius 3 is 2.46 bits per heavy atom. The molecule has 1 fully saturated rings. The van der Waals surface area contributed by atoms with Crippen molar-refractivity contribution in [2.75, 3.05) is 46.3 Å². The van der Waals surface area contributed by atoms with Crippen LogP contribution >= 0.6 is 11.3 Å². The summed E-state index contributed by atoms with van der Waals surface area (Å²) in [6, 6.07) is 3.86. The first-order valence-electron chi connectivity index (χ1n) is 9.42. The third-order valence-corrected chi connectivity index (χ3v) is 5.13. The summed E-state index contributed by atoms with van der Waals surface area (Å²) in [6.07, 6.45) is 3.25. The predicted octanol–water partition coefficient (Wildman–Crippen LogP) is 1.28. The van der Waals surface area contributed by atoms with E-state index < -0.39 is 0 Å². The van der Waals surface area contributed by atoms with Crippen LogP contribution in [0.15, 0.2) is 23.6 Å². The number of carbonyl (C=O) groups is 3. The molecule has 0 atom stereocenters. The summed E-state index contributed by atoms with van der Waals surface area (Å²) in [4.78, 5) is 42.9. The molecule has 0 unspecified atom stereocenters. The van der Waals surface area contributed by atoms with Gasteiger partial charge in [0.05, 0.1) is 13.1 Å². The molecule has 2 heterocycles. The summed E-state index contributed by atoms with van der Waals surface area (Å²) in [7, 11) is 1.63. The second-order valence-corrected chi connectivity index (χ2v) is 8.98. The first kappa shape index (κ1) is 22.1. The van der Waals surface area contributed by atoms with E-state index in [-0.39, 0.29) is 29.8 Å². The van der Waals surface area contributed by atoms with Crippen LogP contribution in [0.3, 0.4) is 0 Å². The van der Waals surface area contributed by atoms with Crippen LogP contribution in [0.1, 0.15) is 25.6 Å². The van der Waals surface area contributed by atoms with Gasteiger partial charge in [0.1, 0.15) is 0 Å². The quantitative estimate of drug-likeness (QED) is 0.723. The van der Waals surface area contributed by atoms with Crippen LogP contribution < -0.4 is 5.32 Å². The zero-order valence-corrected chi connectivity index (χ0v) is 17.9. The maximum Gasteiger partial charge on any atom is 0.246 e. The van der Waals surface area contributed by atoms with E-state index >= 15 is 0 Å². The van der Waals surface area contributed by atoms with Gasteiger partial charge in [0.15, 0.2) is 0 Å². The molecule has 0 bridgehead atoms. The predicted molar refractivity (Wildman–Crippen MR) is 112 cm³/mol. The molecule has 28 heavy (non-hydrogen) atoms. The van der Waals surface area contributed by atoms with Crippen LogP contribution in [0.25, 0.3) is 6.08 Å². The lowest BCUT2D eigenvalue weighted by Crippen LogP contribution is -2.54. The fraction of sp³-hybridized carbons (Fsp3) is 0.550. The number of thiophene rings is 1. The van der Waals surface area contributed by atoms with Gasteiger partial charge in [-0.3, -0.25) is 19.3 Å². The molecular weight excluding hydrogens is 376 g/mol. The van der Waals surface area contributed by atoms with Gasteiger partial charge < -0.3 is 15.1 Å². The van der Waals surface area contributed by atoms with Crippen molar-refractivity contribution in [1.29, 1.82) is 0 Å². The van der Waals surface area contributed by atoms with Crippen molar-refractivity contribution in [2.45, 2.75) is 26.3 Å². The fourth-order valence-corrected chi connectivity index (χ4v) is 3.48. The molecule has 8 heteroatoms. The summed E-state index contributed by atoms with van der Waals surface area (Å²) in [6.45, 7) is 8.68. The van der Waals surface area contributed by atoms with E-state index in [1.54, 1.807) is 29.4 Å². The molecule has 2 rings (SSSR count). The minimum Gasteiger partial charge on any atom is -0.350 e. The van der Waals surface area contributed by atoms with Gasteiger partial charge in [-0.2, -0.15) is 0 Å². The number of nitrogens with zero attached hydrogens (tertiary/aromatic N) is 3. The Morgan fingerprint density at radius 1 is 1.21 bits per heavy atom. The van der Waals surface area contributed by atoms with Crippen molar-refractivity contribution in [3.05, 3.63) is 28.5 Å². The van der Waals surface area contributed by atoms with Crippen molar-refractivity contribution in [3.8, 4) is 0 Å². The van der Waals surface area contributed by atoms with E-state index in [0.29, 0.717) is 32.7 Å². The summed E-state index contributed by atoms with van der Waals surface area (Å²) < 4.78 is 0. The highest BCUT2D eigenvalue weighted by molar-refractivity contribution is 7.10. The Bertz CT molecular complexity index is 702. The van der Waals surface area contributed by atoms with E-state index in [9.17, 15) is 14.4 Å². The number of nitrogens with one attached hydrogen (secondary N) is 1. The van der Waals surface area contributed by atoms with E-state index in [2.05, 4.69) is 5.32 Å². The maximum absolute atomic E-state index is 12.5. The topological polar surface area (TPSA) is 73.0 Å². The highest BCUT2D eigenvalue weighted by atomic mass is 32.1. The molecular formula is C20H30N4O3S. The summed E-state index contributed by atoms with van der Waals surface area (Å²) in [5.41, 5.74) is -0.246. The molecule has 1 saturated heterocycles. The van der Waals surface area contributed by atoms with Crippen LogP contribution in [0.5, 0.6) is 0 Å². The highest BCUT2D eigenvalue weighted by Gasteiger charge is 2.24. The molecule has 1 aromatic rings. The molecule has 1 N–H and O–H groups in total. The van der Waals surface area contributed by atoms with Gasteiger partial charge in [-0.25, -0.2) is 0 Å². The first-order valence-corrected chi connectivity index (χ1v) is 10.3. The van der Waals surface area contributed by atoms with Crippen LogP contribution in [0.4, 0.5) is 0 Å². The Kier molecular flexibility index (Phi) is 7.77. The minimum absolute atomic E-state index is 0.00451. The number of rotatable bonds is 6. The molecule has 1 aliphatic rings. The summed E-state index contributed by atoms with van der Waals surface area (Å²) in [5, 5.41) is 4.90. The minimum atomic E-state index is -0.246. The maximum atomic E-state index is 12.5. The normalized spacial score (nSPS) is 15.6. The number of likely N-dealkylation sites (N-methyl/N-ethyl adjacent to an activating group) is 1. The van der Waals surface area contributed by atoms with Crippen LogP contribution in [0.2, 0.25) is 0 Å². The lowest BCUT2D eigenvalue weighted by molar-refractivity contribution is -0.138. The molecule has 154 valence electrons. The highest BCUT2D eigenvalue weighted by Crippen LogP contribution is 2.10. The number of amides is 3. The van der Waals surface area contributed by atoms with Gasteiger partial charge in [-0.1, -0.05) is 6.07 Å². The molecule has 0 radical (unpaired) electrons. The van der Waals surface area contributed by atoms with E-state index in [1.165, 1.54) is 11.0 Å². The van der Waals surface area contributed by atoms with Crippen molar-refractivity contribution >= 4 is 35.1 Å². The summed E-state index contributed by atoms with van der Waals surface area (Å²) in [5.74, 6) is -0.270. The zero-order chi connectivity index (χ0) is 20.7. The number of carbonyl (C=O) groups excluding carboxylic acids is 3. The van der Waals surface area contributed by atoms with Crippen LogP contribution in [0, 0.1) is 0 Å². The first-order chi connectivity index (χ1) is 13.1. The Hall–Kier alpha value is -2.19. The molecule has 0 spiro atoms. The Morgan fingerprint density at radius 2 is 1.89 bits per heavy atom. The van der Waals surface area contributed by atoms with Gasteiger partial charge in [-0.05, 0) is 38.3 Å². The third-order valence-electron chi connectivity index (χ3n) is 4.29. The van der Waals surface area contributed by atoms with Gasteiger partial charge in [0, 0.05) is 49.7 Å². The van der Waals surface area contributed by atoms with Crippen molar-refractivity contribution in [1.82, 2.24) is 20.0 Å². The monoisotopic (exact) mass is 406 g/mol. The lowest BCUT2D eigenvalue weighted by Gasteiger charge is -2.35. The molecule has 1 aromatic heterocycles. The molecule has 0 aromatic carbocycles. The van der Waals surface area contributed by atoms with Crippen LogP contribution in [-0.2, 0) is 14.4 Å². The van der Waals surface area contributed by atoms with E-state index in [4.69, 9.17) is 0 Å². The van der Waals surface area contributed by atoms with Crippen molar-refractivity contribution in [3.63, 3.8) is 0 Å². The zero-order valence-electron chi connectivity index (χ0n) is 17.1. The second-order valence-electron chi connectivity index (χ2n) is 8.00. The lowest BCUT2D eigenvalue weighted by atomic mass is 10.1. The SMILES string of the molecule is CN(CC(=O)N1CCN(CC(=O)NC(C)(C)C)CC1)C(=O)/C=C/c1cccs1. The van der Waals surface area contributed by atoms with Gasteiger partial charge in [0.25, 0.3) is 0 Å². The van der Waals surface area contributed by atoms with Gasteiger partial charge in [-0.15, -0.1) is 11.3 Å². The van der Waals surface area contributed by atoms with E-state index in [1.807, 2.05) is 43.2 Å². The average molecular weight is 407 g/mol. The van der Waals surface area contributed by atoms with Crippen LogP contribution in [-0.4, -0.2) is 84.3 Å². The fourth-order valence-electron chi connectivity index (χ4n) is 2.86. The number of hydrogen-bond donors (Lipinski definition) is 1. The molecule has 0 aliphatic carbocycles. The molecule has 1 aliphatic heterocycles. The number of piperazine rings is 1. The molecule has 3 amide bonds. The number of hydrogen-bond acceptors (Lipinski definition) is 5. The molecule has 7 nitrogen and oxygen atoms in total. The second kappa shape index (κ2) is 9.84. The summed E-state index contributed by atoms with van der Waals surface area (Å²) >= 11 is 1.55. The van der Waals surface area contributed by atoms with Crippen molar-refractivity contribution < 1.29 is 14.4 Å². The Labute approximate surface area is 171 Å². The average Bonchev–Trinajstić information content (AvgIpc) is 3.12. The van der Waals surface area contributed by atoms with Gasteiger partial charge >= 0.3 is 0 Å². The molecule has 0 saturated carbocycles. The Balaban J connectivity index is 1.74. The van der Waals surface area contributed by atoms with E-state index in [0.717, 1.165) is 4.88 Å². The third kappa shape index (κ3) is 7.44. The largest absolute Gasteiger partial charge is 0.350 e.